The minimum atomic E-state index is 0.144. The second kappa shape index (κ2) is 6.61. The van der Waals surface area contributed by atoms with E-state index in [1.807, 2.05) is 0 Å². The summed E-state index contributed by atoms with van der Waals surface area (Å²) < 4.78 is 0. The molecule has 1 heterocycles. The zero-order valence-corrected chi connectivity index (χ0v) is 14.2. The smallest absolute Gasteiger partial charge is 0.261 e. The Kier molecular flexibility index (Phi) is 4.82. The molecule has 1 fully saturated rings. The first-order valence-corrected chi connectivity index (χ1v) is 9.49. The van der Waals surface area contributed by atoms with Crippen LogP contribution >= 0.6 is 27.3 Å². The molecule has 0 aromatic carbocycles. The molecule has 0 aliphatic heterocycles. The summed E-state index contributed by atoms with van der Waals surface area (Å²) in [5.74, 6) is 0.813. The zero-order valence-electron chi connectivity index (χ0n) is 11.8. The molecule has 20 heavy (non-hydrogen) atoms. The van der Waals surface area contributed by atoms with E-state index in [0.29, 0.717) is 10.7 Å². The molecule has 2 nitrogen and oxygen atoms in total. The Morgan fingerprint density at radius 3 is 2.75 bits per heavy atom. The van der Waals surface area contributed by atoms with Crippen molar-refractivity contribution in [3.8, 4) is 0 Å². The number of alkyl halides is 1. The van der Waals surface area contributed by atoms with Gasteiger partial charge in [0.25, 0.3) is 5.91 Å². The van der Waals surface area contributed by atoms with E-state index in [9.17, 15) is 4.79 Å². The summed E-state index contributed by atoms with van der Waals surface area (Å²) in [6.07, 6.45) is 9.85. The van der Waals surface area contributed by atoms with Crippen molar-refractivity contribution in [1.82, 2.24) is 5.32 Å². The number of aryl methyl sites for hydroxylation is 2. The van der Waals surface area contributed by atoms with Crippen LogP contribution in [0.3, 0.4) is 0 Å². The van der Waals surface area contributed by atoms with Crippen LogP contribution in [0.5, 0.6) is 0 Å². The number of nitrogens with one attached hydrogen (secondary N) is 1. The maximum atomic E-state index is 12.3. The molecule has 0 bridgehead atoms. The topological polar surface area (TPSA) is 29.1 Å². The molecule has 110 valence electrons. The second-order valence-electron chi connectivity index (χ2n) is 6.09. The summed E-state index contributed by atoms with van der Waals surface area (Å²) in [5.41, 5.74) is 1.42. The largest absolute Gasteiger partial charge is 0.351 e. The quantitative estimate of drug-likeness (QED) is 0.804. The van der Waals surface area contributed by atoms with Gasteiger partial charge in [-0.25, -0.2) is 0 Å². The van der Waals surface area contributed by atoms with Crippen LogP contribution in [0.4, 0.5) is 0 Å². The van der Waals surface area contributed by atoms with Gasteiger partial charge in [0, 0.05) is 16.2 Å². The number of hydrogen-bond acceptors (Lipinski definition) is 2. The van der Waals surface area contributed by atoms with E-state index in [-0.39, 0.29) is 5.91 Å². The van der Waals surface area contributed by atoms with E-state index in [2.05, 4.69) is 27.3 Å². The van der Waals surface area contributed by atoms with E-state index in [4.69, 9.17) is 0 Å². The van der Waals surface area contributed by atoms with Gasteiger partial charge in [0.05, 0.1) is 4.88 Å². The van der Waals surface area contributed by atoms with E-state index in [1.165, 1.54) is 55.4 Å². The van der Waals surface area contributed by atoms with E-state index < -0.39 is 0 Å². The van der Waals surface area contributed by atoms with Gasteiger partial charge in [-0.1, -0.05) is 15.9 Å². The van der Waals surface area contributed by atoms with Crippen LogP contribution in [0.2, 0.25) is 0 Å². The third-order valence-electron chi connectivity index (χ3n) is 4.55. The predicted octanol–water partition coefficient (Wildman–Crippen LogP) is 4.31. The number of hydrogen-bond donors (Lipinski definition) is 1. The summed E-state index contributed by atoms with van der Waals surface area (Å²) in [4.78, 5) is 15.3. The van der Waals surface area contributed by atoms with E-state index in [1.54, 1.807) is 11.3 Å². The van der Waals surface area contributed by atoms with Crippen molar-refractivity contribution in [3.05, 3.63) is 21.4 Å². The molecular formula is C16H22BrNOS. The van der Waals surface area contributed by atoms with Crippen LogP contribution in [0.1, 0.15) is 58.6 Å². The Bertz CT molecular complexity index is 453. The van der Waals surface area contributed by atoms with Gasteiger partial charge in [-0.05, 0) is 68.9 Å². The molecule has 1 amide bonds. The Balaban J connectivity index is 1.52. The molecular weight excluding hydrogens is 334 g/mol. The first kappa shape index (κ1) is 14.6. The molecule has 0 unspecified atom stereocenters. The lowest BCUT2D eigenvalue weighted by Crippen LogP contribution is -2.30. The molecule has 0 radical (unpaired) electrons. The fraction of sp³-hybridized carbons (Fsp3) is 0.688. The molecule has 0 atom stereocenters. The summed E-state index contributed by atoms with van der Waals surface area (Å²) in [6.45, 7) is 0.848. The second-order valence-corrected chi connectivity index (χ2v) is 8.53. The Morgan fingerprint density at radius 2 is 2.00 bits per heavy atom. The molecule has 0 saturated heterocycles. The normalized spacial score (nSPS) is 26.1. The number of carbonyl (C=O) groups excluding carboxylic acids is 1. The highest BCUT2D eigenvalue weighted by atomic mass is 79.9. The Hall–Kier alpha value is -0.350. The van der Waals surface area contributed by atoms with E-state index >= 15 is 0 Å². The fourth-order valence-corrected chi connectivity index (χ4v) is 4.95. The third-order valence-corrected chi connectivity index (χ3v) is 6.70. The number of amides is 1. The minimum absolute atomic E-state index is 0.144. The van der Waals surface area contributed by atoms with Crippen LogP contribution in [-0.2, 0) is 12.8 Å². The van der Waals surface area contributed by atoms with Crippen LogP contribution < -0.4 is 5.32 Å². The van der Waals surface area contributed by atoms with Gasteiger partial charge >= 0.3 is 0 Å². The summed E-state index contributed by atoms with van der Waals surface area (Å²) in [5, 5.41) is 3.15. The van der Waals surface area contributed by atoms with Gasteiger partial charge in [-0.2, -0.15) is 0 Å². The molecule has 2 aliphatic carbocycles. The molecule has 0 spiro atoms. The van der Waals surface area contributed by atoms with Crippen LogP contribution in [0.15, 0.2) is 6.07 Å². The van der Waals surface area contributed by atoms with Crippen molar-refractivity contribution < 1.29 is 4.79 Å². The van der Waals surface area contributed by atoms with Crippen LogP contribution in [0.25, 0.3) is 0 Å². The molecule has 1 N–H and O–H groups in total. The Morgan fingerprint density at radius 1 is 1.25 bits per heavy atom. The first-order valence-electron chi connectivity index (χ1n) is 7.76. The maximum absolute atomic E-state index is 12.3. The average Bonchev–Trinajstić information content (AvgIpc) is 2.90. The number of carbonyl (C=O) groups is 1. The number of thiophene rings is 1. The SMILES string of the molecule is O=C(NCC1CCC(Br)CC1)c1cc2c(s1)CCCC2. The maximum Gasteiger partial charge on any atom is 0.261 e. The number of rotatable bonds is 3. The van der Waals surface area contributed by atoms with Gasteiger partial charge in [0.1, 0.15) is 0 Å². The fourth-order valence-electron chi connectivity index (χ4n) is 3.25. The molecule has 1 saturated carbocycles. The summed E-state index contributed by atoms with van der Waals surface area (Å²) >= 11 is 5.39. The van der Waals surface area contributed by atoms with Gasteiger partial charge < -0.3 is 5.32 Å². The van der Waals surface area contributed by atoms with Crippen molar-refractivity contribution >= 4 is 33.2 Å². The van der Waals surface area contributed by atoms with Crippen molar-refractivity contribution in [2.75, 3.05) is 6.54 Å². The lowest BCUT2D eigenvalue weighted by Gasteiger charge is -2.25. The van der Waals surface area contributed by atoms with Crippen LogP contribution in [0, 0.1) is 5.92 Å². The lowest BCUT2D eigenvalue weighted by atomic mass is 9.89. The van der Waals surface area contributed by atoms with Crippen molar-refractivity contribution in [2.45, 2.75) is 56.2 Å². The van der Waals surface area contributed by atoms with Gasteiger partial charge in [-0.15, -0.1) is 11.3 Å². The Labute approximate surface area is 133 Å². The lowest BCUT2D eigenvalue weighted by molar-refractivity contribution is 0.0948. The molecule has 1 aromatic rings. The molecule has 4 heteroatoms. The minimum Gasteiger partial charge on any atom is -0.351 e. The van der Waals surface area contributed by atoms with Crippen molar-refractivity contribution in [3.63, 3.8) is 0 Å². The van der Waals surface area contributed by atoms with Crippen molar-refractivity contribution in [2.24, 2.45) is 5.92 Å². The third kappa shape index (κ3) is 3.45. The van der Waals surface area contributed by atoms with Gasteiger partial charge in [0.2, 0.25) is 0 Å². The number of fused-ring (bicyclic) bond motifs is 1. The highest BCUT2D eigenvalue weighted by Crippen LogP contribution is 2.30. The highest BCUT2D eigenvalue weighted by Gasteiger charge is 2.21. The first-order chi connectivity index (χ1) is 9.72. The van der Waals surface area contributed by atoms with Crippen LogP contribution in [-0.4, -0.2) is 17.3 Å². The zero-order chi connectivity index (χ0) is 13.9. The summed E-state index contributed by atoms with van der Waals surface area (Å²) in [7, 11) is 0. The molecule has 2 aliphatic rings. The molecule has 3 rings (SSSR count). The van der Waals surface area contributed by atoms with Gasteiger partial charge in [-0.3, -0.25) is 4.79 Å². The number of halogens is 1. The predicted molar refractivity (Wildman–Crippen MR) is 88.0 cm³/mol. The monoisotopic (exact) mass is 355 g/mol. The summed E-state index contributed by atoms with van der Waals surface area (Å²) in [6, 6.07) is 2.13. The van der Waals surface area contributed by atoms with Crippen molar-refractivity contribution in [1.29, 1.82) is 0 Å². The average molecular weight is 356 g/mol. The van der Waals surface area contributed by atoms with Gasteiger partial charge in [0.15, 0.2) is 0 Å². The molecule has 1 aromatic heterocycles. The highest BCUT2D eigenvalue weighted by molar-refractivity contribution is 9.09. The standard InChI is InChI=1S/C16H22BrNOS/c17-13-7-5-11(6-8-13)10-18-16(19)15-9-12-3-1-2-4-14(12)20-15/h9,11,13H,1-8,10H2,(H,18,19). The van der Waals surface area contributed by atoms with E-state index in [0.717, 1.165) is 17.8 Å².